The largest absolute Gasteiger partial charge is 0.297 e. The summed E-state index contributed by atoms with van der Waals surface area (Å²) in [4.78, 5) is 18.8. The zero-order chi connectivity index (χ0) is 24.6. The minimum atomic E-state index is -4.75. The average Bonchev–Trinajstić information content (AvgIpc) is 2.99. The van der Waals surface area contributed by atoms with E-state index >= 15 is 0 Å². The molecule has 0 spiro atoms. The van der Waals surface area contributed by atoms with Crippen molar-refractivity contribution in [2.24, 2.45) is 0 Å². The Hall–Kier alpha value is -2.99. The Morgan fingerprint density at radius 3 is 1.45 bits per heavy atom. The molecule has 0 unspecified atom stereocenters. The second-order valence-corrected chi connectivity index (χ2v) is 12.1. The number of nitrogens with zero attached hydrogens (tertiary/aromatic N) is 2. The van der Waals surface area contributed by atoms with Crippen molar-refractivity contribution in [1.29, 1.82) is 0 Å². The Morgan fingerprint density at radius 2 is 1.12 bits per heavy atom. The minimum Gasteiger partial charge on any atom is -0.259 e. The lowest BCUT2D eigenvalue weighted by molar-refractivity contribution is -0.385. The van der Waals surface area contributed by atoms with Gasteiger partial charge in [0.05, 0.1) is 21.4 Å². The highest BCUT2D eigenvalue weighted by Crippen LogP contribution is 2.28. The van der Waals surface area contributed by atoms with Gasteiger partial charge in [0.2, 0.25) is 0 Å². The number of benzene rings is 2. The van der Waals surface area contributed by atoms with E-state index in [4.69, 9.17) is 8.37 Å². The molecule has 1 aliphatic rings. The van der Waals surface area contributed by atoms with Crippen LogP contribution in [0.3, 0.4) is 0 Å². The predicted molar refractivity (Wildman–Crippen MR) is 109 cm³/mol. The maximum absolute atomic E-state index is 12.6. The summed E-state index contributed by atoms with van der Waals surface area (Å²) in [5.41, 5.74) is -1.14. The van der Waals surface area contributed by atoms with Gasteiger partial charge in [-0.2, -0.15) is 16.8 Å². The van der Waals surface area contributed by atoms with Gasteiger partial charge in [-0.05, 0) is 12.1 Å². The molecule has 2 atom stereocenters. The molecule has 0 aromatic heterocycles. The van der Waals surface area contributed by atoms with Crippen molar-refractivity contribution in [1.82, 2.24) is 0 Å². The van der Waals surface area contributed by atoms with Crippen LogP contribution in [-0.2, 0) is 38.4 Å². The zero-order valence-corrected chi connectivity index (χ0v) is 18.7. The molecule has 0 aliphatic carbocycles. The molecule has 2 aromatic rings. The summed E-state index contributed by atoms with van der Waals surface area (Å²) in [6, 6.07) is 7.51. The smallest absolute Gasteiger partial charge is 0.259 e. The molecule has 0 radical (unpaired) electrons. The predicted octanol–water partition coefficient (Wildman–Crippen LogP) is 0.779. The highest BCUT2D eigenvalue weighted by atomic mass is 32.2. The van der Waals surface area contributed by atoms with Gasteiger partial charge in [0.15, 0.2) is 9.84 Å². The quantitative estimate of drug-likeness (QED) is 0.268. The van der Waals surface area contributed by atoms with Crippen LogP contribution in [0.1, 0.15) is 0 Å². The van der Waals surface area contributed by atoms with Crippen LogP contribution in [0.15, 0.2) is 58.3 Å². The van der Waals surface area contributed by atoms with Crippen molar-refractivity contribution in [3.05, 3.63) is 68.8 Å². The fourth-order valence-corrected chi connectivity index (χ4v) is 7.06. The van der Waals surface area contributed by atoms with Crippen molar-refractivity contribution >= 4 is 41.4 Å². The first kappa shape index (κ1) is 24.6. The van der Waals surface area contributed by atoms with E-state index in [0.717, 1.165) is 36.4 Å². The Bertz CT molecular complexity index is 1330. The molecule has 0 amide bonds. The Morgan fingerprint density at radius 1 is 0.758 bits per heavy atom. The van der Waals surface area contributed by atoms with Crippen LogP contribution in [0.2, 0.25) is 0 Å². The van der Waals surface area contributed by atoms with E-state index in [-0.39, 0.29) is 0 Å². The standard InChI is InChI=1S/C16H14N2O12S3/c19-17(20)11-3-1-5-13(7-11)32(25,26)29-15-9-31(23,24)10-16(15)30-33(27,28)14-6-2-4-12(8-14)18(21)22/h1-8,15-16H,9-10H2/t15-,16-/m1/s1. The van der Waals surface area contributed by atoms with E-state index in [2.05, 4.69) is 0 Å². The molecular weight excluding hydrogens is 508 g/mol. The zero-order valence-electron chi connectivity index (χ0n) is 16.2. The lowest BCUT2D eigenvalue weighted by Gasteiger charge is -2.18. The third kappa shape index (κ3) is 5.69. The highest BCUT2D eigenvalue weighted by molar-refractivity contribution is 7.92. The number of non-ortho nitro benzene ring substituents is 2. The van der Waals surface area contributed by atoms with Gasteiger partial charge in [0, 0.05) is 24.3 Å². The molecule has 0 bridgehead atoms. The number of sulfone groups is 1. The number of nitro benzene ring substituents is 2. The van der Waals surface area contributed by atoms with Gasteiger partial charge in [-0.15, -0.1) is 0 Å². The van der Waals surface area contributed by atoms with Crippen LogP contribution in [0.5, 0.6) is 0 Å². The third-order valence-electron chi connectivity index (χ3n) is 4.39. The SMILES string of the molecule is O=[N+]([O-])c1cccc(S(=O)(=O)O[C@@H]2CS(=O)(=O)C[C@H]2OS(=O)(=O)c2cccc([N+](=O)[O-])c2)c1. The van der Waals surface area contributed by atoms with Crippen molar-refractivity contribution in [2.75, 3.05) is 11.5 Å². The highest BCUT2D eigenvalue weighted by Gasteiger charge is 2.45. The maximum Gasteiger partial charge on any atom is 0.297 e. The van der Waals surface area contributed by atoms with E-state index in [9.17, 15) is 45.5 Å². The van der Waals surface area contributed by atoms with Gasteiger partial charge in [0.25, 0.3) is 31.6 Å². The van der Waals surface area contributed by atoms with Crippen LogP contribution in [0, 0.1) is 20.2 Å². The molecule has 2 aromatic carbocycles. The second-order valence-electron chi connectivity index (χ2n) is 6.76. The Balaban J connectivity index is 1.89. The first-order chi connectivity index (χ1) is 15.2. The lowest BCUT2D eigenvalue weighted by atomic mass is 10.3. The molecule has 14 nitrogen and oxygen atoms in total. The van der Waals surface area contributed by atoms with Crippen LogP contribution < -0.4 is 0 Å². The summed E-state index contributed by atoms with van der Waals surface area (Å²) in [6.45, 7) is 0. The molecule has 1 saturated heterocycles. The van der Waals surface area contributed by atoms with Gasteiger partial charge in [-0.1, -0.05) is 12.1 Å². The summed E-state index contributed by atoms with van der Waals surface area (Å²) in [5, 5.41) is 21.8. The number of rotatable bonds is 8. The van der Waals surface area contributed by atoms with Crippen molar-refractivity contribution in [2.45, 2.75) is 22.0 Å². The monoisotopic (exact) mass is 522 g/mol. The first-order valence-electron chi connectivity index (χ1n) is 8.76. The van der Waals surface area contributed by atoms with E-state index in [1.807, 2.05) is 0 Å². The summed E-state index contributed by atoms with van der Waals surface area (Å²) < 4.78 is 84.1. The van der Waals surface area contributed by atoms with Crippen molar-refractivity contribution in [3.8, 4) is 0 Å². The molecular formula is C16H14N2O12S3. The molecule has 1 aliphatic heterocycles. The molecule has 1 heterocycles. The normalized spacial score (nSPS) is 20.4. The second kappa shape index (κ2) is 8.75. The van der Waals surface area contributed by atoms with Crippen LogP contribution in [0.4, 0.5) is 11.4 Å². The van der Waals surface area contributed by atoms with E-state index in [0.29, 0.717) is 12.1 Å². The molecule has 1 fully saturated rings. The molecule has 17 heteroatoms. The summed E-state index contributed by atoms with van der Waals surface area (Å²) >= 11 is 0. The molecule has 3 rings (SSSR count). The Labute approximate surface area is 187 Å². The maximum atomic E-state index is 12.6. The molecule has 33 heavy (non-hydrogen) atoms. The van der Waals surface area contributed by atoms with E-state index in [1.165, 1.54) is 0 Å². The number of hydrogen-bond acceptors (Lipinski definition) is 12. The van der Waals surface area contributed by atoms with Crippen molar-refractivity contribution in [3.63, 3.8) is 0 Å². The van der Waals surface area contributed by atoms with Crippen LogP contribution in [0.25, 0.3) is 0 Å². The molecule has 0 N–H and O–H groups in total. The van der Waals surface area contributed by atoms with Crippen LogP contribution in [-0.4, -0.2) is 58.8 Å². The number of nitro groups is 2. The molecule has 0 saturated carbocycles. The van der Waals surface area contributed by atoms with Gasteiger partial charge >= 0.3 is 0 Å². The summed E-state index contributed by atoms with van der Waals surface area (Å²) in [5.74, 6) is -1.81. The Kier molecular flexibility index (Phi) is 6.53. The van der Waals surface area contributed by atoms with Crippen molar-refractivity contribution < 1.29 is 43.5 Å². The van der Waals surface area contributed by atoms with Gasteiger partial charge in [0.1, 0.15) is 22.0 Å². The van der Waals surface area contributed by atoms with Gasteiger partial charge in [-0.25, -0.2) is 8.42 Å². The van der Waals surface area contributed by atoms with Crippen LogP contribution >= 0.6 is 0 Å². The molecule has 178 valence electrons. The van der Waals surface area contributed by atoms with Gasteiger partial charge < -0.3 is 0 Å². The average molecular weight is 522 g/mol. The topological polar surface area (TPSA) is 207 Å². The lowest BCUT2D eigenvalue weighted by Crippen LogP contribution is -2.34. The van der Waals surface area contributed by atoms with E-state index < -0.39 is 84.8 Å². The fourth-order valence-electron chi connectivity index (χ4n) is 2.90. The van der Waals surface area contributed by atoms with E-state index in [1.54, 1.807) is 0 Å². The van der Waals surface area contributed by atoms with Gasteiger partial charge in [-0.3, -0.25) is 28.6 Å². The third-order valence-corrected chi connectivity index (χ3v) is 8.72. The summed E-state index contributed by atoms with van der Waals surface area (Å²) in [7, 11) is -13.5. The minimum absolute atomic E-state index is 0.570. The summed E-state index contributed by atoms with van der Waals surface area (Å²) in [6.07, 6.45) is -3.60. The fraction of sp³-hybridized carbons (Fsp3) is 0.250. The first-order valence-corrected chi connectivity index (χ1v) is 13.4. The number of hydrogen-bond donors (Lipinski definition) is 0.